The molecule has 3 rings (SSSR count). The van der Waals surface area contributed by atoms with Crippen molar-refractivity contribution in [3.63, 3.8) is 0 Å². The number of benzene rings is 1. The Morgan fingerprint density at radius 3 is 2.62 bits per heavy atom. The van der Waals surface area contributed by atoms with Crippen LogP contribution in [0, 0.1) is 12.8 Å². The Balaban J connectivity index is 1.69. The van der Waals surface area contributed by atoms with Crippen molar-refractivity contribution in [2.24, 2.45) is 5.92 Å². The van der Waals surface area contributed by atoms with Crippen LogP contribution in [-0.4, -0.2) is 41.1 Å². The lowest BCUT2D eigenvalue weighted by Crippen LogP contribution is -2.33. The number of hydrogen-bond acceptors (Lipinski definition) is 6. The largest absolute Gasteiger partial charge is 0.497 e. The van der Waals surface area contributed by atoms with Gasteiger partial charge in [0.25, 0.3) is 5.56 Å². The van der Waals surface area contributed by atoms with Crippen LogP contribution in [0.2, 0.25) is 0 Å². The van der Waals surface area contributed by atoms with Crippen LogP contribution in [0.5, 0.6) is 11.5 Å². The highest BCUT2D eigenvalue weighted by molar-refractivity contribution is 5.31. The van der Waals surface area contributed by atoms with Crippen LogP contribution < -0.4 is 20.7 Å². The van der Waals surface area contributed by atoms with Crippen molar-refractivity contribution in [2.75, 3.05) is 20.3 Å². The van der Waals surface area contributed by atoms with Crippen molar-refractivity contribution in [2.45, 2.75) is 25.7 Å². The molecule has 1 aliphatic heterocycles. The minimum atomic E-state index is -0.556. The van der Waals surface area contributed by atoms with Crippen LogP contribution in [0.15, 0.2) is 40.1 Å². The molecule has 2 aromatic rings. The van der Waals surface area contributed by atoms with E-state index in [4.69, 9.17) is 14.2 Å². The zero-order valence-electron chi connectivity index (χ0n) is 14.7. The second-order valence-corrected chi connectivity index (χ2v) is 6.27. The van der Waals surface area contributed by atoms with Gasteiger partial charge in [-0.05, 0) is 31.2 Å². The summed E-state index contributed by atoms with van der Waals surface area (Å²) in [4.78, 5) is 25.8. The summed E-state index contributed by atoms with van der Waals surface area (Å²) in [6.45, 7) is 1.78. The summed E-state index contributed by atoms with van der Waals surface area (Å²) in [5.74, 6) is 1.33. The van der Waals surface area contributed by atoms with E-state index in [0.29, 0.717) is 24.3 Å². The molecule has 2 heterocycles. The number of hydrogen-bond donors (Lipinski definition) is 2. The third kappa shape index (κ3) is 3.81. The van der Waals surface area contributed by atoms with Gasteiger partial charge in [0.1, 0.15) is 17.7 Å². The number of H-pyrrole nitrogens is 1. The van der Waals surface area contributed by atoms with Crippen molar-refractivity contribution in [3.8, 4) is 11.5 Å². The van der Waals surface area contributed by atoms with Crippen LogP contribution in [0.3, 0.4) is 0 Å². The fraction of sp³-hybridized carbons (Fsp3) is 0.444. The Labute approximate surface area is 150 Å². The van der Waals surface area contributed by atoms with E-state index in [9.17, 15) is 14.7 Å². The first kappa shape index (κ1) is 18.2. The number of aliphatic hydroxyl groups excluding tert-OH is 1. The minimum absolute atomic E-state index is 0.0914. The second kappa shape index (κ2) is 7.76. The lowest BCUT2D eigenvalue weighted by atomic mass is 10.0. The molecular weight excluding hydrogens is 340 g/mol. The van der Waals surface area contributed by atoms with Crippen LogP contribution in [-0.2, 0) is 4.74 Å². The van der Waals surface area contributed by atoms with Gasteiger partial charge in [-0.25, -0.2) is 4.79 Å². The Bertz CT molecular complexity index is 857. The quantitative estimate of drug-likeness (QED) is 0.789. The summed E-state index contributed by atoms with van der Waals surface area (Å²) in [5.41, 5.74) is -0.520. The molecule has 26 heavy (non-hydrogen) atoms. The molecule has 140 valence electrons. The van der Waals surface area contributed by atoms with E-state index in [0.717, 1.165) is 5.75 Å². The zero-order valence-corrected chi connectivity index (χ0v) is 14.7. The second-order valence-electron chi connectivity index (χ2n) is 6.27. The molecule has 0 radical (unpaired) electrons. The van der Waals surface area contributed by atoms with Gasteiger partial charge in [-0.2, -0.15) is 0 Å². The maximum Gasteiger partial charge on any atom is 0.330 e. The fourth-order valence-corrected chi connectivity index (χ4v) is 3.00. The van der Waals surface area contributed by atoms with E-state index in [-0.39, 0.29) is 12.5 Å². The molecule has 8 heteroatoms. The van der Waals surface area contributed by atoms with Crippen molar-refractivity contribution in [1.29, 1.82) is 0 Å². The van der Waals surface area contributed by atoms with Gasteiger partial charge in [-0.3, -0.25) is 14.3 Å². The number of ether oxygens (including phenoxy) is 3. The van der Waals surface area contributed by atoms with Crippen molar-refractivity contribution in [3.05, 3.63) is 56.9 Å². The van der Waals surface area contributed by atoms with E-state index >= 15 is 0 Å². The summed E-state index contributed by atoms with van der Waals surface area (Å²) in [5, 5.41) is 9.59. The predicted molar refractivity (Wildman–Crippen MR) is 93.7 cm³/mol. The van der Waals surface area contributed by atoms with E-state index < -0.39 is 23.6 Å². The third-order valence-corrected chi connectivity index (χ3v) is 4.52. The van der Waals surface area contributed by atoms with Gasteiger partial charge in [-0.15, -0.1) is 0 Å². The summed E-state index contributed by atoms with van der Waals surface area (Å²) in [6.07, 6.45) is 0.969. The lowest BCUT2D eigenvalue weighted by Gasteiger charge is -2.16. The predicted octanol–water partition coefficient (Wildman–Crippen LogP) is 0.829. The maximum absolute atomic E-state index is 12.0. The molecule has 1 saturated heterocycles. The van der Waals surface area contributed by atoms with Crippen molar-refractivity contribution >= 4 is 0 Å². The Morgan fingerprint density at radius 2 is 1.96 bits per heavy atom. The average molecular weight is 362 g/mol. The molecule has 0 unspecified atom stereocenters. The SMILES string of the molecule is COc1ccc(OC[C@H]2C[C@H](n3cc(C)c(=O)[nH]c3=O)O[C@@H]2CO)cc1. The van der Waals surface area contributed by atoms with E-state index in [2.05, 4.69) is 4.98 Å². The first-order valence-electron chi connectivity index (χ1n) is 8.37. The van der Waals surface area contributed by atoms with Gasteiger partial charge in [0.15, 0.2) is 0 Å². The molecule has 1 aromatic heterocycles. The zero-order chi connectivity index (χ0) is 18.7. The Kier molecular flexibility index (Phi) is 5.43. The van der Waals surface area contributed by atoms with Gasteiger partial charge in [0.05, 0.1) is 26.4 Å². The lowest BCUT2D eigenvalue weighted by molar-refractivity contribution is -0.0358. The van der Waals surface area contributed by atoms with Gasteiger partial charge in [0.2, 0.25) is 0 Å². The number of methoxy groups -OCH3 is 1. The van der Waals surface area contributed by atoms with Crippen LogP contribution in [0.4, 0.5) is 0 Å². The molecule has 0 saturated carbocycles. The summed E-state index contributed by atoms with van der Waals surface area (Å²) >= 11 is 0. The number of aromatic amines is 1. The number of rotatable bonds is 6. The molecule has 0 spiro atoms. The highest BCUT2D eigenvalue weighted by Crippen LogP contribution is 2.33. The number of aryl methyl sites for hydroxylation is 1. The summed E-state index contributed by atoms with van der Waals surface area (Å²) in [6, 6.07) is 7.21. The number of nitrogens with one attached hydrogen (secondary N) is 1. The highest BCUT2D eigenvalue weighted by Gasteiger charge is 2.36. The van der Waals surface area contributed by atoms with Gasteiger partial charge >= 0.3 is 5.69 Å². The number of aromatic nitrogens is 2. The molecule has 0 amide bonds. The average Bonchev–Trinajstić information content (AvgIpc) is 3.06. The van der Waals surface area contributed by atoms with Crippen LogP contribution in [0.1, 0.15) is 18.2 Å². The highest BCUT2D eigenvalue weighted by atomic mass is 16.5. The van der Waals surface area contributed by atoms with Crippen molar-refractivity contribution < 1.29 is 19.3 Å². The molecule has 8 nitrogen and oxygen atoms in total. The summed E-state index contributed by atoms with van der Waals surface area (Å²) in [7, 11) is 1.60. The molecule has 0 aliphatic carbocycles. The Morgan fingerprint density at radius 1 is 1.27 bits per heavy atom. The summed E-state index contributed by atoms with van der Waals surface area (Å²) < 4.78 is 18.0. The molecule has 1 aromatic carbocycles. The molecular formula is C18H22N2O6. The van der Waals surface area contributed by atoms with Gasteiger partial charge in [-0.1, -0.05) is 0 Å². The fourth-order valence-electron chi connectivity index (χ4n) is 3.00. The van der Waals surface area contributed by atoms with Crippen LogP contribution >= 0.6 is 0 Å². The van der Waals surface area contributed by atoms with E-state index in [1.165, 1.54) is 10.8 Å². The molecule has 1 aliphatic rings. The Hall–Kier alpha value is -2.58. The normalized spacial score (nSPS) is 22.3. The van der Waals surface area contributed by atoms with Gasteiger partial charge < -0.3 is 19.3 Å². The first-order chi connectivity index (χ1) is 12.5. The molecule has 1 fully saturated rings. The number of nitrogens with zero attached hydrogens (tertiary/aromatic N) is 1. The minimum Gasteiger partial charge on any atom is -0.497 e. The third-order valence-electron chi connectivity index (χ3n) is 4.52. The van der Waals surface area contributed by atoms with E-state index in [1.54, 1.807) is 38.3 Å². The number of aliphatic hydroxyl groups is 1. The maximum atomic E-state index is 12.0. The standard InChI is InChI=1S/C18H22N2O6/c1-11-8-20(18(23)19-17(11)22)16-7-12(15(9-21)26-16)10-25-14-5-3-13(24-2)4-6-14/h3-6,8,12,15-16,21H,7,9-10H2,1-2H3,(H,19,22,23)/t12-,15-,16-/m1/s1. The molecule has 0 bridgehead atoms. The monoisotopic (exact) mass is 362 g/mol. The smallest absolute Gasteiger partial charge is 0.330 e. The van der Waals surface area contributed by atoms with Crippen LogP contribution in [0.25, 0.3) is 0 Å². The van der Waals surface area contributed by atoms with Gasteiger partial charge in [0, 0.05) is 24.1 Å². The molecule has 3 atom stereocenters. The first-order valence-corrected chi connectivity index (χ1v) is 8.37. The van der Waals surface area contributed by atoms with E-state index in [1.807, 2.05) is 0 Å². The topological polar surface area (TPSA) is 103 Å². The molecule has 2 N–H and O–H groups in total. The van der Waals surface area contributed by atoms with Crippen molar-refractivity contribution in [1.82, 2.24) is 9.55 Å².